The number of aryl methyl sites for hydroxylation is 1. The van der Waals surface area contributed by atoms with Crippen LogP contribution in [0.3, 0.4) is 0 Å². The minimum Gasteiger partial charge on any atom is -0.493 e. The van der Waals surface area contributed by atoms with Crippen molar-refractivity contribution in [3.63, 3.8) is 0 Å². The van der Waals surface area contributed by atoms with Crippen molar-refractivity contribution in [2.24, 2.45) is 0 Å². The topological polar surface area (TPSA) is 35.5 Å². The van der Waals surface area contributed by atoms with Gasteiger partial charge in [0, 0.05) is 10.0 Å². The number of Topliss-reactive ketones (excluding diaryl/α,β-unsaturated/α-hetero) is 1. The maximum absolute atomic E-state index is 11.4. The van der Waals surface area contributed by atoms with Crippen LogP contribution in [-0.2, 0) is 0 Å². The maximum atomic E-state index is 11.4. The molecular formula is C16H15BrO3. The molecule has 0 spiro atoms. The van der Waals surface area contributed by atoms with Crippen molar-refractivity contribution < 1.29 is 14.3 Å². The smallest absolute Gasteiger partial charge is 0.169 e. The van der Waals surface area contributed by atoms with Gasteiger partial charge in [-0.2, -0.15) is 0 Å². The van der Waals surface area contributed by atoms with Crippen molar-refractivity contribution in [2.45, 2.75) is 13.8 Å². The van der Waals surface area contributed by atoms with Crippen LogP contribution in [0.4, 0.5) is 0 Å². The third-order valence-electron chi connectivity index (χ3n) is 2.87. The first-order chi connectivity index (χ1) is 9.51. The first-order valence-corrected chi connectivity index (χ1v) is 6.93. The molecule has 0 saturated carbocycles. The molecule has 3 nitrogen and oxygen atoms in total. The molecule has 4 heteroatoms. The normalized spacial score (nSPS) is 10.2. The van der Waals surface area contributed by atoms with Gasteiger partial charge < -0.3 is 9.47 Å². The second kappa shape index (κ2) is 6.09. The molecule has 2 rings (SSSR count). The Balaban J connectivity index is 2.31. The van der Waals surface area contributed by atoms with Crippen LogP contribution in [0, 0.1) is 6.92 Å². The highest BCUT2D eigenvalue weighted by Gasteiger charge is 2.09. The standard InChI is InChI=1S/C16H15BrO3/c1-10-4-7-15(16(8-10)19-3)20-12-5-6-13(11(2)18)14(17)9-12/h4-9H,1-3H3. The lowest BCUT2D eigenvalue weighted by Crippen LogP contribution is -1.95. The molecule has 0 aliphatic carbocycles. The first kappa shape index (κ1) is 14.6. The van der Waals surface area contributed by atoms with Crippen LogP contribution in [0.1, 0.15) is 22.8 Å². The SMILES string of the molecule is COc1cc(C)ccc1Oc1ccc(C(C)=O)c(Br)c1. The van der Waals surface area contributed by atoms with Crippen LogP contribution in [-0.4, -0.2) is 12.9 Å². The van der Waals surface area contributed by atoms with Gasteiger partial charge in [-0.1, -0.05) is 6.07 Å². The van der Waals surface area contributed by atoms with E-state index in [1.807, 2.05) is 25.1 Å². The molecule has 0 unspecified atom stereocenters. The van der Waals surface area contributed by atoms with E-state index in [-0.39, 0.29) is 5.78 Å². The van der Waals surface area contributed by atoms with Gasteiger partial charge in [-0.15, -0.1) is 0 Å². The summed E-state index contributed by atoms with van der Waals surface area (Å²) in [5.41, 5.74) is 1.73. The lowest BCUT2D eigenvalue weighted by molar-refractivity contribution is 0.101. The number of hydrogen-bond acceptors (Lipinski definition) is 3. The van der Waals surface area contributed by atoms with Crippen molar-refractivity contribution in [3.8, 4) is 17.2 Å². The van der Waals surface area contributed by atoms with E-state index in [9.17, 15) is 4.79 Å². The third kappa shape index (κ3) is 3.20. The van der Waals surface area contributed by atoms with Gasteiger partial charge in [-0.25, -0.2) is 0 Å². The zero-order valence-electron chi connectivity index (χ0n) is 11.6. The van der Waals surface area contributed by atoms with Gasteiger partial charge in [0.1, 0.15) is 5.75 Å². The lowest BCUT2D eigenvalue weighted by Gasteiger charge is -2.12. The van der Waals surface area contributed by atoms with Gasteiger partial charge in [0.2, 0.25) is 0 Å². The molecule has 0 fully saturated rings. The van der Waals surface area contributed by atoms with Crippen LogP contribution in [0.15, 0.2) is 40.9 Å². The molecular weight excluding hydrogens is 320 g/mol. The van der Waals surface area contributed by atoms with Crippen molar-refractivity contribution in [1.29, 1.82) is 0 Å². The fraction of sp³-hybridized carbons (Fsp3) is 0.188. The van der Waals surface area contributed by atoms with E-state index < -0.39 is 0 Å². The monoisotopic (exact) mass is 334 g/mol. The van der Waals surface area contributed by atoms with Crippen LogP contribution in [0.2, 0.25) is 0 Å². The minimum absolute atomic E-state index is 0.0105. The minimum atomic E-state index is 0.0105. The molecule has 2 aromatic rings. The molecule has 0 radical (unpaired) electrons. The van der Waals surface area contributed by atoms with E-state index in [0.717, 1.165) is 5.56 Å². The van der Waals surface area contributed by atoms with E-state index in [2.05, 4.69) is 15.9 Å². The summed E-state index contributed by atoms with van der Waals surface area (Å²) < 4.78 is 11.8. The predicted molar refractivity (Wildman–Crippen MR) is 82.0 cm³/mol. The van der Waals surface area contributed by atoms with Gasteiger partial charge in [-0.05, 0) is 65.7 Å². The molecule has 0 saturated heterocycles. The van der Waals surface area contributed by atoms with Gasteiger partial charge in [0.25, 0.3) is 0 Å². The number of carbonyl (C=O) groups excluding carboxylic acids is 1. The van der Waals surface area contributed by atoms with Gasteiger partial charge >= 0.3 is 0 Å². The Morgan fingerprint density at radius 3 is 2.45 bits per heavy atom. The van der Waals surface area contributed by atoms with Crippen LogP contribution in [0.5, 0.6) is 17.2 Å². The fourth-order valence-corrected chi connectivity index (χ4v) is 2.47. The third-order valence-corrected chi connectivity index (χ3v) is 3.52. The summed E-state index contributed by atoms with van der Waals surface area (Å²) in [6.45, 7) is 3.52. The largest absolute Gasteiger partial charge is 0.493 e. The second-order valence-electron chi connectivity index (χ2n) is 4.45. The Hall–Kier alpha value is -1.81. The average Bonchev–Trinajstić information content (AvgIpc) is 2.40. The maximum Gasteiger partial charge on any atom is 0.169 e. The summed E-state index contributed by atoms with van der Waals surface area (Å²) in [4.78, 5) is 11.4. The second-order valence-corrected chi connectivity index (χ2v) is 5.31. The van der Waals surface area contributed by atoms with Crippen LogP contribution < -0.4 is 9.47 Å². The summed E-state index contributed by atoms with van der Waals surface area (Å²) in [7, 11) is 1.61. The molecule has 0 heterocycles. The fourth-order valence-electron chi connectivity index (χ4n) is 1.83. The van der Waals surface area contributed by atoms with Crippen LogP contribution in [0.25, 0.3) is 0 Å². The first-order valence-electron chi connectivity index (χ1n) is 6.14. The Morgan fingerprint density at radius 2 is 1.85 bits per heavy atom. The summed E-state index contributed by atoms with van der Waals surface area (Å²) >= 11 is 3.38. The molecule has 0 aliphatic rings. The van der Waals surface area contributed by atoms with E-state index in [0.29, 0.717) is 27.3 Å². The van der Waals surface area contributed by atoms with E-state index in [4.69, 9.17) is 9.47 Å². The molecule has 0 amide bonds. The molecule has 104 valence electrons. The highest BCUT2D eigenvalue weighted by molar-refractivity contribution is 9.10. The van der Waals surface area contributed by atoms with Crippen molar-refractivity contribution in [2.75, 3.05) is 7.11 Å². The molecule has 0 N–H and O–H groups in total. The Bertz CT molecular complexity index is 650. The predicted octanol–water partition coefficient (Wildman–Crippen LogP) is 4.76. The highest BCUT2D eigenvalue weighted by atomic mass is 79.9. The van der Waals surface area contributed by atoms with Gasteiger partial charge in [-0.3, -0.25) is 4.79 Å². The van der Waals surface area contributed by atoms with Crippen molar-refractivity contribution in [3.05, 3.63) is 52.0 Å². The number of halogens is 1. The number of rotatable bonds is 4. The van der Waals surface area contributed by atoms with Crippen LogP contribution >= 0.6 is 15.9 Å². The molecule has 0 aromatic heterocycles. The summed E-state index contributed by atoms with van der Waals surface area (Å²) in [6, 6.07) is 11.0. The Morgan fingerprint density at radius 1 is 1.10 bits per heavy atom. The lowest BCUT2D eigenvalue weighted by atomic mass is 10.1. The molecule has 0 bridgehead atoms. The number of benzene rings is 2. The molecule has 20 heavy (non-hydrogen) atoms. The molecule has 0 atom stereocenters. The summed E-state index contributed by atoms with van der Waals surface area (Å²) in [5, 5.41) is 0. The van der Waals surface area contributed by atoms with Crippen molar-refractivity contribution in [1.82, 2.24) is 0 Å². The highest BCUT2D eigenvalue weighted by Crippen LogP contribution is 2.33. The number of methoxy groups -OCH3 is 1. The van der Waals surface area contributed by atoms with E-state index in [1.54, 1.807) is 25.3 Å². The Kier molecular flexibility index (Phi) is 4.45. The van der Waals surface area contributed by atoms with Gasteiger partial charge in [0.05, 0.1) is 7.11 Å². The number of ether oxygens (including phenoxy) is 2. The quantitative estimate of drug-likeness (QED) is 0.756. The number of carbonyl (C=O) groups is 1. The zero-order chi connectivity index (χ0) is 14.7. The average molecular weight is 335 g/mol. The Labute approximate surface area is 126 Å². The summed E-state index contributed by atoms with van der Waals surface area (Å²) in [6.07, 6.45) is 0. The molecule has 0 aliphatic heterocycles. The zero-order valence-corrected chi connectivity index (χ0v) is 13.2. The van der Waals surface area contributed by atoms with Crippen molar-refractivity contribution >= 4 is 21.7 Å². The van der Waals surface area contributed by atoms with E-state index in [1.165, 1.54) is 6.92 Å². The number of ketones is 1. The molecule has 2 aromatic carbocycles. The van der Waals surface area contributed by atoms with Gasteiger partial charge in [0.15, 0.2) is 17.3 Å². The summed E-state index contributed by atoms with van der Waals surface area (Å²) in [5.74, 6) is 1.97. The number of hydrogen-bond donors (Lipinski definition) is 0. The van der Waals surface area contributed by atoms with E-state index >= 15 is 0 Å².